The molecule has 1 aromatic heterocycles. The third-order valence-electron chi connectivity index (χ3n) is 4.33. The van der Waals surface area contributed by atoms with Gasteiger partial charge in [0, 0.05) is 12.1 Å². The predicted molar refractivity (Wildman–Crippen MR) is 107 cm³/mol. The van der Waals surface area contributed by atoms with Crippen molar-refractivity contribution in [1.29, 1.82) is 0 Å². The van der Waals surface area contributed by atoms with Crippen molar-refractivity contribution in [2.24, 2.45) is 0 Å². The Morgan fingerprint density at radius 2 is 2.24 bits per heavy atom. The molecule has 1 aromatic carbocycles. The number of ether oxygens (including phenoxy) is 2. The second-order valence-corrected chi connectivity index (χ2v) is 8.63. The molecular weight excluding hydrogens is 422 g/mol. The quantitative estimate of drug-likeness (QED) is 0.699. The predicted octanol–water partition coefficient (Wildman–Crippen LogP) is 1.66. The van der Waals surface area contributed by atoms with Gasteiger partial charge in [0.25, 0.3) is 15.9 Å². The van der Waals surface area contributed by atoms with Crippen LogP contribution in [-0.2, 0) is 19.6 Å². The minimum atomic E-state index is -4.03. The van der Waals surface area contributed by atoms with Crippen LogP contribution >= 0.6 is 11.6 Å². The fourth-order valence-electron chi connectivity index (χ4n) is 2.69. The summed E-state index contributed by atoms with van der Waals surface area (Å²) in [6.07, 6.45) is -0.159. The van der Waals surface area contributed by atoms with Gasteiger partial charge in [-0.15, -0.1) is 0 Å². The molecule has 1 amide bonds. The van der Waals surface area contributed by atoms with Crippen LogP contribution in [-0.4, -0.2) is 56.9 Å². The molecule has 9 nitrogen and oxygen atoms in total. The van der Waals surface area contributed by atoms with Gasteiger partial charge < -0.3 is 19.9 Å². The Morgan fingerprint density at radius 3 is 2.90 bits per heavy atom. The number of amides is 1. The van der Waals surface area contributed by atoms with Gasteiger partial charge in [-0.25, -0.2) is 13.4 Å². The molecule has 29 heavy (non-hydrogen) atoms. The number of nitrogens with one attached hydrogen (secondary N) is 1. The van der Waals surface area contributed by atoms with E-state index in [2.05, 4.69) is 10.3 Å². The van der Waals surface area contributed by atoms with E-state index in [-0.39, 0.29) is 33.7 Å². The van der Waals surface area contributed by atoms with Crippen molar-refractivity contribution in [3.05, 3.63) is 41.6 Å². The van der Waals surface area contributed by atoms with Gasteiger partial charge in [0.15, 0.2) is 0 Å². The molecule has 2 unspecified atom stereocenters. The van der Waals surface area contributed by atoms with Crippen LogP contribution in [0, 0.1) is 0 Å². The number of hydrogen-bond acceptors (Lipinski definition) is 7. The Morgan fingerprint density at radius 1 is 1.48 bits per heavy atom. The number of carbonyl (C=O) groups excluding carboxylic acids is 1. The molecule has 0 aliphatic carbocycles. The van der Waals surface area contributed by atoms with Crippen LogP contribution in [0.25, 0.3) is 0 Å². The molecule has 0 bridgehead atoms. The van der Waals surface area contributed by atoms with Crippen molar-refractivity contribution in [1.82, 2.24) is 4.98 Å². The van der Waals surface area contributed by atoms with Crippen LogP contribution in [0.3, 0.4) is 0 Å². The number of aliphatic hydroxyl groups excluding tert-OH is 1. The number of fused-ring (bicyclic) bond motifs is 1. The molecule has 0 radical (unpaired) electrons. The summed E-state index contributed by atoms with van der Waals surface area (Å²) in [4.78, 5) is 16.2. The molecule has 1 aliphatic rings. The second-order valence-electron chi connectivity index (χ2n) is 6.33. The number of carbonyl (C=O) groups is 1. The molecule has 3 rings (SSSR count). The summed E-state index contributed by atoms with van der Waals surface area (Å²) < 4.78 is 38.1. The van der Waals surface area contributed by atoms with Crippen LogP contribution in [0.1, 0.15) is 6.92 Å². The molecule has 2 atom stereocenters. The Kier molecular flexibility index (Phi) is 6.27. The highest BCUT2D eigenvalue weighted by Crippen LogP contribution is 2.37. The monoisotopic (exact) mass is 441 g/mol. The van der Waals surface area contributed by atoms with E-state index in [1.165, 1.54) is 37.6 Å². The third kappa shape index (κ3) is 4.45. The molecule has 2 N–H and O–H groups in total. The summed E-state index contributed by atoms with van der Waals surface area (Å²) in [5.74, 6) is -0.387. The number of aliphatic hydroxyl groups is 1. The van der Waals surface area contributed by atoms with E-state index >= 15 is 0 Å². The molecule has 1 aliphatic heterocycles. The van der Waals surface area contributed by atoms with Gasteiger partial charge in [0.05, 0.1) is 29.9 Å². The standard InChI is InChI=1S/C18H20ClN3O6S/c1-11(27-2)17(24)21-13-7-16-18(20-8-13)28-14(10-23)9-22(16)29(25,26)15-5-3-4-12(19)6-15/h3-8,11,14,23H,9-10H2,1-2H3,(H,21,24). The molecule has 2 aromatic rings. The molecule has 0 spiro atoms. The van der Waals surface area contributed by atoms with Crippen molar-refractivity contribution in [3.8, 4) is 5.88 Å². The topological polar surface area (TPSA) is 118 Å². The van der Waals surface area contributed by atoms with Crippen LogP contribution in [0.15, 0.2) is 41.4 Å². The SMILES string of the molecule is COC(C)C(=O)Nc1cnc2c(c1)N(S(=O)(=O)c1cccc(Cl)c1)CC(CO)O2. The number of methoxy groups -OCH3 is 1. The van der Waals surface area contributed by atoms with Crippen molar-refractivity contribution >= 4 is 38.9 Å². The molecule has 0 saturated heterocycles. The number of benzene rings is 1. The molecule has 2 heterocycles. The van der Waals surface area contributed by atoms with Gasteiger partial charge in [-0.3, -0.25) is 9.10 Å². The Balaban J connectivity index is 2.03. The number of halogens is 1. The summed E-state index contributed by atoms with van der Waals surface area (Å²) in [7, 11) is -2.63. The summed E-state index contributed by atoms with van der Waals surface area (Å²) >= 11 is 5.95. The molecule has 0 saturated carbocycles. The Bertz CT molecular complexity index is 1020. The van der Waals surface area contributed by atoms with Gasteiger partial charge >= 0.3 is 0 Å². The van der Waals surface area contributed by atoms with Crippen LogP contribution < -0.4 is 14.4 Å². The lowest BCUT2D eigenvalue weighted by Gasteiger charge is -2.34. The van der Waals surface area contributed by atoms with E-state index in [1.54, 1.807) is 13.0 Å². The first-order valence-electron chi connectivity index (χ1n) is 8.65. The molecular formula is C18H20ClN3O6S. The number of nitrogens with zero attached hydrogens (tertiary/aromatic N) is 2. The van der Waals surface area contributed by atoms with E-state index in [1.807, 2.05) is 0 Å². The zero-order valence-corrected chi connectivity index (χ0v) is 17.3. The normalized spacial score (nSPS) is 17.2. The number of rotatable bonds is 6. The van der Waals surface area contributed by atoms with Gasteiger partial charge in [0.2, 0.25) is 5.88 Å². The summed E-state index contributed by atoms with van der Waals surface area (Å²) in [5.41, 5.74) is 0.410. The fourth-order valence-corrected chi connectivity index (χ4v) is 4.47. The van der Waals surface area contributed by atoms with Crippen molar-refractivity contribution in [3.63, 3.8) is 0 Å². The van der Waals surface area contributed by atoms with Crippen molar-refractivity contribution < 1.29 is 27.8 Å². The first-order chi connectivity index (χ1) is 13.8. The first-order valence-corrected chi connectivity index (χ1v) is 10.5. The van der Waals surface area contributed by atoms with E-state index in [9.17, 15) is 18.3 Å². The van der Waals surface area contributed by atoms with E-state index < -0.39 is 34.7 Å². The van der Waals surface area contributed by atoms with Crippen LogP contribution in [0.2, 0.25) is 5.02 Å². The minimum Gasteiger partial charge on any atom is -0.468 e. The second kappa shape index (κ2) is 8.54. The van der Waals surface area contributed by atoms with E-state index in [0.29, 0.717) is 0 Å². The van der Waals surface area contributed by atoms with Gasteiger partial charge in [-0.2, -0.15) is 0 Å². The summed E-state index contributed by atoms with van der Waals surface area (Å²) in [6.45, 7) is 1.05. The van der Waals surface area contributed by atoms with Gasteiger partial charge in [-0.1, -0.05) is 17.7 Å². The van der Waals surface area contributed by atoms with Crippen molar-refractivity contribution in [2.75, 3.05) is 29.9 Å². The average molecular weight is 442 g/mol. The lowest BCUT2D eigenvalue weighted by atomic mass is 10.2. The highest BCUT2D eigenvalue weighted by Gasteiger charge is 2.35. The summed E-state index contributed by atoms with van der Waals surface area (Å²) in [6, 6.07) is 7.29. The largest absolute Gasteiger partial charge is 0.468 e. The number of hydrogen-bond donors (Lipinski definition) is 2. The van der Waals surface area contributed by atoms with E-state index in [4.69, 9.17) is 21.1 Å². The number of aromatic nitrogens is 1. The molecule has 156 valence electrons. The number of anilines is 2. The lowest BCUT2D eigenvalue weighted by Crippen LogP contribution is -2.45. The van der Waals surface area contributed by atoms with Crippen molar-refractivity contribution in [2.45, 2.75) is 24.0 Å². The number of sulfonamides is 1. The zero-order chi connectivity index (χ0) is 21.2. The van der Waals surface area contributed by atoms with Crippen LogP contribution in [0.4, 0.5) is 11.4 Å². The smallest absolute Gasteiger partial charge is 0.264 e. The van der Waals surface area contributed by atoms with E-state index in [0.717, 1.165) is 4.31 Å². The fraction of sp³-hybridized carbons (Fsp3) is 0.333. The Labute approximate surface area is 173 Å². The molecule has 0 fully saturated rings. The number of pyridine rings is 1. The summed E-state index contributed by atoms with van der Waals surface area (Å²) in [5, 5.41) is 12.4. The first kappa shape index (κ1) is 21.3. The van der Waals surface area contributed by atoms with Gasteiger partial charge in [-0.05, 0) is 31.2 Å². The highest BCUT2D eigenvalue weighted by atomic mass is 35.5. The average Bonchev–Trinajstić information content (AvgIpc) is 2.72. The van der Waals surface area contributed by atoms with Crippen LogP contribution in [0.5, 0.6) is 5.88 Å². The maximum absolute atomic E-state index is 13.2. The maximum Gasteiger partial charge on any atom is 0.264 e. The lowest BCUT2D eigenvalue weighted by molar-refractivity contribution is -0.124. The molecule has 11 heteroatoms. The Hall–Kier alpha value is -2.40. The van der Waals surface area contributed by atoms with Gasteiger partial charge in [0.1, 0.15) is 17.9 Å². The maximum atomic E-state index is 13.2. The zero-order valence-electron chi connectivity index (χ0n) is 15.7. The highest BCUT2D eigenvalue weighted by molar-refractivity contribution is 7.92. The third-order valence-corrected chi connectivity index (χ3v) is 6.34. The minimum absolute atomic E-state index is 0.0167.